The molecule has 2 aromatic rings. The van der Waals surface area contributed by atoms with Crippen LogP contribution in [0.1, 0.15) is 15.9 Å². The van der Waals surface area contributed by atoms with Gasteiger partial charge in [-0.3, -0.25) is 5.43 Å². The van der Waals surface area contributed by atoms with Crippen molar-refractivity contribution in [3.8, 4) is 11.5 Å². The lowest BCUT2D eigenvalue weighted by Gasteiger charge is -2.10. The van der Waals surface area contributed by atoms with Crippen LogP contribution in [0, 0.1) is 0 Å². The number of ether oxygens (including phenoxy) is 2. The Morgan fingerprint density at radius 3 is 2.60 bits per heavy atom. The first kappa shape index (κ1) is 19.0. The zero-order chi connectivity index (χ0) is 18.4. The standard InChI is InChI=1S/C16H13Cl2N3O3S/c1-23-14-6-9(8-20-21-16(19)25)2-5-13(14)24-15(22)10-3-4-11(17)12(18)7-10/h2-8H,1H3,(H3,19,21,25)/b20-8+. The topological polar surface area (TPSA) is 85.9 Å². The highest BCUT2D eigenvalue weighted by molar-refractivity contribution is 7.80. The van der Waals surface area contributed by atoms with Crippen molar-refractivity contribution in [3.05, 3.63) is 57.6 Å². The summed E-state index contributed by atoms with van der Waals surface area (Å²) in [5.74, 6) is 0.0131. The molecule has 0 aliphatic rings. The molecule has 0 heterocycles. The molecule has 2 aromatic carbocycles. The minimum atomic E-state index is -0.589. The summed E-state index contributed by atoms with van der Waals surface area (Å²) in [6.45, 7) is 0. The van der Waals surface area contributed by atoms with E-state index in [1.54, 1.807) is 18.2 Å². The number of thiocarbonyl (C=S) groups is 1. The third-order valence-electron chi connectivity index (χ3n) is 2.93. The van der Waals surface area contributed by atoms with Gasteiger partial charge in [-0.05, 0) is 54.2 Å². The van der Waals surface area contributed by atoms with Gasteiger partial charge in [-0.2, -0.15) is 5.10 Å². The highest BCUT2D eigenvalue weighted by Crippen LogP contribution is 2.29. The minimum Gasteiger partial charge on any atom is -0.493 e. The summed E-state index contributed by atoms with van der Waals surface area (Å²) in [6, 6.07) is 9.38. The van der Waals surface area contributed by atoms with Gasteiger partial charge in [-0.1, -0.05) is 23.2 Å². The molecule has 9 heteroatoms. The Morgan fingerprint density at radius 1 is 1.20 bits per heavy atom. The fourth-order valence-corrected chi connectivity index (χ4v) is 2.15. The number of esters is 1. The zero-order valence-corrected chi connectivity index (χ0v) is 15.3. The molecule has 0 radical (unpaired) electrons. The van der Waals surface area contributed by atoms with Crippen LogP contribution in [-0.4, -0.2) is 24.4 Å². The van der Waals surface area contributed by atoms with Crippen molar-refractivity contribution >= 4 is 52.7 Å². The van der Waals surface area contributed by atoms with E-state index in [1.165, 1.54) is 31.5 Å². The molecule has 0 atom stereocenters. The maximum absolute atomic E-state index is 12.2. The molecule has 0 amide bonds. The van der Waals surface area contributed by atoms with Crippen molar-refractivity contribution in [1.82, 2.24) is 5.43 Å². The Hall–Kier alpha value is -2.35. The molecular weight excluding hydrogens is 385 g/mol. The normalized spacial score (nSPS) is 10.5. The van der Waals surface area contributed by atoms with Crippen LogP contribution >= 0.6 is 35.4 Å². The summed E-state index contributed by atoms with van der Waals surface area (Å²) in [7, 11) is 1.46. The number of hydrogen-bond acceptors (Lipinski definition) is 5. The number of nitrogens with one attached hydrogen (secondary N) is 1. The van der Waals surface area contributed by atoms with Crippen molar-refractivity contribution in [1.29, 1.82) is 0 Å². The smallest absolute Gasteiger partial charge is 0.343 e. The molecule has 0 aliphatic carbocycles. The van der Waals surface area contributed by atoms with Crippen LogP contribution in [0.3, 0.4) is 0 Å². The molecule has 0 saturated carbocycles. The fraction of sp³-hybridized carbons (Fsp3) is 0.0625. The second-order valence-corrected chi connectivity index (χ2v) is 5.92. The number of nitrogens with two attached hydrogens (primary N) is 1. The molecule has 130 valence electrons. The Bertz CT molecular complexity index is 843. The van der Waals surface area contributed by atoms with Gasteiger partial charge in [0.2, 0.25) is 0 Å². The van der Waals surface area contributed by atoms with E-state index in [-0.39, 0.29) is 21.4 Å². The summed E-state index contributed by atoms with van der Waals surface area (Å²) in [5.41, 5.74) is 8.67. The number of hydrazone groups is 1. The molecule has 2 rings (SSSR count). The summed E-state index contributed by atoms with van der Waals surface area (Å²) in [4.78, 5) is 12.2. The molecule has 0 saturated heterocycles. The van der Waals surface area contributed by atoms with Gasteiger partial charge in [0, 0.05) is 0 Å². The number of rotatable bonds is 5. The summed E-state index contributed by atoms with van der Waals surface area (Å²) >= 11 is 16.4. The molecule has 0 spiro atoms. The minimum absolute atomic E-state index is 0.0513. The van der Waals surface area contributed by atoms with Gasteiger partial charge in [0.05, 0.1) is 28.9 Å². The van der Waals surface area contributed by atoms with Gasteiger partial charge >= 0.3 is 5.97 Å². The first-order valence-electron chi connectivity index (χ1n) is 6.84. The molecule has 3 N–H and O–H groups in total. The van der Waals surface area contributed by atoms with Crippen LogP contribution in [-0.2, 0) is 0 Å². The lowest BCUT2D eigenvalue weighted by atomic mass is 10.2. The van der Waals surface area contributed by atoms with Crippen LogP contribution in [0.5, 0.6) is 11.5 Å². The van der Waals surface area contributed by atoms with Crippen LogP contribution in [0.4, 0.5) is 0 Å². The van der Waals surface area contributed by atoms with Crippen molar-refractivity contribution in [3.63, 3.8) is 0 Å². The van der Waals surface area contributed by atoms with E-state index < -0.39 is 5.97 Å². The first-order chi connectivity index (χ1) is 11.9. The Morgan fingerprint density at radius 2 is 1.96 bits per heavy atom. The second kappa shape index (κ2) is 8.66. The van der Waals surface area contributed by atoms with E-state index >= 15 is 0 Å². The summed E-state index contributed by atoms with van der Waals surface area (Å²) in [6.07, 6.45) is 1.49. The molecular formula is C16H13Cl2N3O3S. The lowest BCUT2D eigenvalue weighted by molar-refractivity contribution is 0.0729. The van der Waals surface area contributed by atoms with E-state index in [2.05, 4.69) is 22.7 Å². The number of nitrogens with zero attached hydrogens (tertiary/aromatic N) is 1. The molecule has 6 nitrogen and oxygen atoms in total. The Kier molecular flexibility index (Phi) is 6.58. The van der Waals surface area contributed by atoms with Gasteiger partial charge in [0.1, 0.15) is 0 Å². The third kappa shape index (κ3) is 5.32. The number of methoxy groups -OCH3 is 1. The van der Waals surface area contributed by atoms with E-state index in [9.17, 15) is 4.79 Å². The fourth-order valence-electron chi connectivity index (χ4n) is 1.80. The Labute approximate surface area is 159 Å². The van der Waals surface area contributed by atoms with Crippen LogP contribution in [0.25, 0.3) is 0 Å². The number of benzene rings is 2. The van der Waals surface area contributed by atoms with Crippen molar-refractivity contribution < 1.29 is 14.3 Å². The number of halogens is 2. The number of carbonyl (C=O) groups is 1. The van der Waals surface area contributed by atoms with E-state index in [0.717, 1.165) is 0 Å². The largest absolute Gasteiger partial charge is 0.493 e. The maximum Gasteiger partial charge on any atom is 0.343 e. The molecule has 0 aliphatic heterocycles. The van der Waals surface area contributed by atoms with E-state index in [0.29, 0.717) is 16.3 Å². The molecule has 0 bridgehead atoms. The lowest BCUT2D eigenvalue weighted by Crippen LogP contribution is -2.23. The molecule has 25 heavy (non-hydrogen) atoms. The van der Waals surface area contributed by atoms with Crippen LogP contribution < -0.4 is 20.6 Å². The van der Waals surface area contributed by atoms with Crippen LogP contribution in [0.2, 0.25) is 10.0 Å². The Balaban J connectivity index is 2.18. The SMILES string of the molecule is COc1cc(/C=N/NC(N)=S)ccc1OC(=O)c1ccc(Cl)c(Cl)c1. The zero-order valence-electron chi connectivity index (χ0n) is 13.0. The van der Waals surface area contributed by atoms with E-state index in [1.807, 2.05) is 0 Å². The molecule has 0 aromatic heterocycles. The van der Waals surface area contributed by atoms with Gasteiger partial charge < -0.3 is 15.2 Å². The third-order valence-corrected chi connectivity index (χ3v) is 3.76. The average Bonchev–Trinajstić information content (AvgIpc) is 2.58. The monoisotopic (exact) mass is 397 g/mol. The van der Waals surface area contributed by atoms with Gasteiger partial charge in [0.15, 0.2) is 16.6 Å². The highest BCUT2D eigenvalue weighted by atomic mass is 35.5. The van der Waals surface area contributed by atoms with E-state index in [4.69, 9.17) is 38.4 Å². The van der Waals surface area contributed by atoms with Crippen molar-refractivity contribution in [2.45, 2.75) is 0 Å². The quantitative estimate of drug-likeness (QED) is 0.264. The first-order valence-corrected chi connectivity index (χ1v) is 8.01. The predicted molar refractivity (Wildman–Crippen MR) is 102 cm³/mol. The number of carbonyl (C=O) groups excluding carboxylic acids is 1. The second-order valence-electron chi connectivity index (χ2n) is 4.66. The molecule has 0 fully saturated rings. The molecule has 0 unspecified atom stereocenters. The van der Waals surface area contributed by atoms with Crippen molar-refractivity contribution in [2.75, 3.05) is 7.11 Å². The summed E-state index contributed by atoms with van der Waals surface area (Å²) in [5, 5.41) is 4.51. The van der Waals surface area contributed by atoms with Gasteiger partial charge in [-0.25, -0.2) is 4.79 Å². The van der Waals surface area contributed by atoms with Crippen LogP contribution in [0.15, 0.2) is 41.5 Å². The average molecular weight is 398 g/mol. The van der Waals surface area contributed by atoms with Crippen molar-refractivity contribution in [2.24, 2.45) is 10.8 Å². The highest BCUT2D eigenvalue weighted by Gasteiger charge is 2.14. The van der Waals surface area contributed by atoms with Gasteiger partial charge in [-0.15, -0.1) is 0 Å². The predicted octanol–water partition coefficient (Wildman–Crippen LogP) is 3.39. The maximum atomic E-state index is 12.2. The number of hydrogen-bond donors (Lipinski definition) is 2. The van der Waals surface area contributed by atoms with Gasteiger partial charge in [0.25, 0.3) is 0 Å². The summed E-state index contributed by atoms with van der Waals surface area (Å²) < 4.78 is 10.6.